The summed E-state index contributed by atoms with van der Waals surface area (Å²) in [5.41, 5.74) is 4.75. The maximum absolute atomic E-state index is 13.3. The first-order valence-electron chi connectivity index (χ1n) is 11.2. The summed E-state index contributed by atoms with van der Waals surface area (Å²) < 4.78 is 12.3. The van der Waals surface area contributed by atoms with Crippen molar-refractivity contribution >= 4 is 45.5 Å². The smallest absolute Gasteiger partial charge is 0.335 e. The Balaban J connectivity index is 1.70. The lowest BCUT2D eigenvalue weighted by Crippen LogP contribution is -2.54. The highest BCUT2D eigenvalue weighted by atomic mass is 79.9. The molecule has 1 saturated heterocycles. The molecule has 0 spiro atoms. The number of hydrogen-bond acceptors (Lipinski definition) is 5. The van der Waals surface area contributed by atoms with Gasteiger partial charge in [0, 0.05) is 16.1 Å². The van der Waals surface area contributed by atoms with Crippen molar-refractivity contribution in [2.24, 2.45) is 0 Å². The maximum Gasteiger partial charge on any atom is 0.335 e. The molecule has 3 aromatic rings. The van der Waals surface area contributed by atoms with Crippen LogP contribution in [-0.4, -0.2) is 25.0 Å². The highest BCUT2D eigenvalue weighted by Gasteiger charge is 2.37. The minimum atomic E-state index is -0.801. The molecular formula is C28H25BrN2O5. The summed E-state index contributed by atoms with van der Waals surface area (Å²) in [5, 5.41) is 2.26. The number of halogens is 1. The zero-order chi connectivity index (χ0) is 26.0. The largest absolute Gasteiger partial charge is 0.497 e. The molecule has 4 amide bonds. The van der Waals surface area contributed by atoms with E-state index in [-0.39, 0.29) is 12.2 Å². The number of nitrogens with zero attached hydrogens (tertiary/aromatic N) is 1. The summed E-state index contributed by atoms with van der Waals surface area (Å²) in [6.45, 7) is 6.17. The van der Waals surface area contributed by atoms with Gasteiger partial charge < -0.3 is 9.47 Å². The van der Waals surface area contributed by atoms with Gasteiger partial charge in [-0.25, -0.2) is 9.69 Å². The number of aryl methyl sites for hydroxylation is 3. The number of urea groups is 1. The quantitative estimate of drug-likeness (QED) is 0.318. The number of ether oxygens (including phenoxy) is 2. The van der Waals surface area contributed by atoms with Gasteiger partial charge in [0.2, 0.25) is 0 Å². The fraction of sp³-hybridized carbons (Fsp3) is 0.179. The second kappa shape index (κ2) is 10.4. The molecule has 0 atom stereocenters. The monoisotopic (exact) mass is 548 g/mol. The Morgan fingerprint density at radius 1 is 0.944 bits per heavy atom. The number of carbonyl (C=O) groups excluding carboxylic acids is 3. The normalized spacial score (nSPS) is 14.8. The molecule has 1 aliphatic heterocycles. The molecule has 0 bridgehead atoms. The second-order valence-electron chi connectivity index (χ2n) is 8.58. The number of barbiturate groups is 1. The number of imide groups is 2. The van der Waals surface area contributed by atoms with E-state index in [4.69, 9.17) is 9.47 Å². The summed E-state index contributed by atoms with van der Waals surface area (Å²) in [6.07, 6.45) is 1.43. The minimum Gasteiger partial charge on any atom is -0.497 e. The van der Waals surface area contributed by atoms with Gasteiger partial charge in [0.05, 0.1) is 12.8 Å². The van der Waals surface area contributed by atoms with Crippen LogP contribution in [0.15, 0.2) is 64.6 Å². The van der Waals surface area contributed by atoms with E-state index in [9.17, 15) is 14.4 Å². The Morgan fingerprint density at radius 3 is 2.33 bits per heavy atom. The van der Waals surface area contributed by atoms with E-state index in [2.05, 4.69) is 27.3 Å². The first-order chi connectivity index (χ1) is 17.2. The van der Waals surface area contributed by atoms with Crippen molar-refractivity contribution in [2.75, 3.05) is 12.0 Å². The fourth-order valence-corrected chi connectivity index (χ4v) is 4.26. The maximum atomic E-state index is 13.3. The van der Waals surface area contributed by atoms with E-state index in [1.54, 1.807) is 43.5 Å². The Morgan fingerprint density at radius 2 is 1.67 bits per heavy atom. The zero-order valence-corrected chi connectivity index (χ0v) is 21.9. The van der Waals surface area contributed by atoms with Gasteiger partial charge in [0.25, 0.3) is 11.8 Å². The van der Waals surface area contributed by atoms with E-state index < -0.39 is 17.8 Å². The van der Waals surface area contributed by atoms with Crippen LogP contribution in [0.4, 0.5) is 10.5 Å². The molecule has 184 valence electrons. The van der Waals surface area contributed by atoms with Gasteiger partial charge >= 0.3 is 6.03 Å². The van der Waals surface area contributed by atoms with Crippen molar-refractivity contribution in [3.63, 3.8) is 0 Å². The van der Waals surface area contributed by atoms with Crippen molar-refractivity contribution in [1.82, 2.24) is 5.32 Å². The Hall–Kier alpha value is -3.91. The Kier molecular flexibility index (Phi) is 7.26. The van der Waals surface area contributed by atoms with Crippen LogP contribution in [0, 0.1) is 20.8 Å². The topological polar surface area (TPSA) is 84.9 Å². The van der Waals surface area contributed by atoms with Crippen LogP contribution in [0.2, 0.25) is 0 Å². The Bertz CT molecular complexity index is 1390. The van der Waals surface area contributed by atoms with Crippen molar-refractivity contribution in [1.29, 1.82) is 0 Å². The van der Waals surface area contributed by atoms with E-state index in [1.807, 2.05) is 32.9 Å². The molecule has 0 aromatic heterocycles. The SMILES string of the molecule is COc1ccc(/C=C2/C(=O)NC(=O)N(c3ccc(Br)c(C)c3)C2=O)c(OCc2cc(C)cc(C)c2)c1. The number of nitrogens with one attached hydrogen (secondary N) is 1. The van der Waals surface area contributed by atoms with Gasteiger partial charge in [0.15, 0.2) is 0 Å². The van der Waals surface area contributed by atoms with Gasteiger partial charge in [-0.2, -0.15) is 0 Å². The van der Waals surface area contributed by atoms with Gasteiger partial charge in [-0.15, -0.1) is 0 Å². The molecule has 8 heteroatoms. The molecule has 1 N–H and O–H groups in total. The van der Waals surface area contributed by atoms with Crippen molar-refractivity contribution in [3.05, 3.63) is 92.5 Å². The first-order valence-corrected chi connectivity index (χ1v) is 12.0. The van der Waals surface area contributed by atoms with Gasteiger partial charge in [0.1, 0.15) is 23.7 Å². The molecule has 1 heterocycles. The lowest BCUT2D eigenvalue weighted by molar-refractivity contribution is -0.122. The minimum absolute atomic E-state index is 0.184. The average molecular weight is 549 g/mol. The van der Waals surface area contributed by atoms with Crippen LogP contribution in [0.3, 0.4) is 0 Å². The van der Waals surface area contributed by atoms with Crippen LogP contribution in [0.5, 0.6) is 11.5 Å². The fourth-order valence-electron chi connectivity index (χ4n) is 4.01. The van der Waals surface area contributed by atoms with E-state index in [0.29, 0.717) is 22.7 Å². The lowest BCUT2D eigenvalue weighted by Gasteiger charge is -2.27. The first kappa shape index (κ1) is 25.2. The summed E-state index contributed by atoms with van der Waals surface area (Å²) in [6, 6.07) is 15.5. The number of amides is 4. The third-order valence-corrected chi connectivity index (χ3v) is 6.59. The molecule has 36 heavy (non-hydrogen) atoms. The van der Waals surface area contributed by atoms with Crippen LogP contribution < -0.4 is 19.7 Å². The van der Waals surface area contributed by atoms with E-state index in [1.165, 1.54) is 6.08 Å². The number of benzene rings is 3. The summed E-state index contributed by atoms with van der Waals surface area (Å²) in [4.78, 5) is 39.5. The number of rotatable bonds is 6. The third-order valence-electron chi connectivity index (χ3n) is 5.70. The predicted octanol–water partition coefficient (Wildman–Crippen LogP) is 5.63. The van der Waals surface area contributed by atoms with Crippen LogP contribution in [0.25, 0.3) is 6.08 Å². The molecule has 7 nitrogen and oxygen atoms in total. The van der Waals surface area contributed by atoms with Gasteiger partial charge in [-0.3, -0.25) is 14.9 Å². The predicted molar refractivity (Wildman–Crippen MR) is 141 cm³/mol. The van der Waals surface area contributed by atoms with E-state index in [0.717, 1.165) is 31.6 Å². The van der Waals surface area contributed by atoms with Crippen LogP contribution in [-0.2, 0) is 16.2 Å². The standard InChI is InChI=1S/C28H25BrN2O5/c1-16-9-17(2)11-19(10-16)15-36-25-14-22(35-4)7-5-20(25)13-23-26(32)30-28(34)31(27(23)33)21-6-8-24(29)18(3)12-21/h5-14H,15H2,1-4H3,(H,30,32,34)/b23-13-. The zero-order valence-electron chi connectivity index (χ0n) is 20.3. The molecule has 0 radical (unpaired) electrons. The second-order valence-corrected chi connectivity index (χ2v) is 9.43. The number of carbonyl (C=O) groups is 3. The van der Waals surface area contributed by atoms with Gasteiger partial charge in [-0.05, 0) is 68.3 Å². The lowest BCUT2D eigenvalue weighted by atomic mass is 10.1. The van der Waals surface area contributed by atoms with Gasteiger partial charge in [-0.1, -0.05) is 45.3 Å². The molecular weight excluding hydrogens is 524 g/mol. The third kappa shape index (κ3) is 5.33. The summed E-state index contributed by atoms with van der Waals surface area (Å²) >= 11 is 3.41. The van der Waals surface area contributed by atoms with Crippen LogP contribution in [0.1, 0.15) is 27.8 Å². The highest BCUT2D eigenvalue weighted by Crippen LogP contribution is 2.30. The molecule has 0 unspecified atom stereocenters. The summed E-state index contributed by atoms with van der Waals surface area (Å²) in [7, 11) is 1.54. The van der Waals surface area contributed by atoms with Crippen molar-refractivity contribution in [3.8, 4) is 11.5 Å². The molecule has 1 fully saturated rings. The van der Waals surface area contributed by atoms with Crippen LogP contribution >= 0.6 is 15.9 Å². The highest BCUT2D eigenvalue weighted by molar-refractivity contribution is 9.10. The molecule has 3 aromatic carbocycles. The summed E-state index contributed by atoms with van der Waals surface area (Å²) in [5.74, 6) is -0.494. The van der Waals surface area contributed by atoms with Crippen molar-refractivity contribution < 1.29 is 23.9 Å². The molecule has 1 aliphatic rings. The number of methoxy groups -OCH3 is 1. The van der Waals surface area contributed by atoms with Crippen molar-refractivity contribution in [2.45, 2.75) is 27.4 Å². The number of hydrogen-bond donors (Lipinski definition) is 1. The molecule has 0 saturated carbocycles. The Labute approximate surface area is 217 Å². The number of anilines is 1. The average Bonchev–Trinajstić information content (AvgIpc) is 2.82. The molecule has 4 rings (SSSR count). The van der Waals surface area contributed by atoms with E-state index >= 15 is 0 Å². The molecule has 0 aliphatic carbocycles.